The third-order valence-corrected chi connectivity index (χ3v) is 4.57. The van der Waals surface area contributed by atoms with Crippen molar-refractivity contribution < 1.29 is 23.9 Å². The van der Waals surface area contributed by atoms with Gasteiger partial charge >= 0.3 is 11.9 Å². The monoisotopic (exact) mass is 375 g/mol. The summed E-state index contributed by atoms with van der Waals surface area (Å²) in [6.45, 7) is 3.94. The lowest BCUT2D eigenvalue weighted by Gasteiger charge is -2.09. The summed E-state index contributed by atoms with van der Waals surface area (Å²) in [5, 5.41) is 4.93. The Kier molecular flexibility index (Phi) is 6.91. The summed E-state index contributed by atoms with van der Waals surface area (Å²) in [5.74, 6) is -1.32. The third-order valence-electron chi connectivity index (χ3n) is 3.67. The van der Waals surface area contributed by atoms with Gasteiger partial charge in [0.1, 0.15) is 10.6 Å². The van der Waals surface area contributed by atoms with Crippen LogP contribution in [-0.4, -0.2) is 31.6 Å². The highest BCUT2D eigenvalue weighted by Gasteiger charge is 2.23. The molecule has 0 saturated heterocycles. The van der Waals surface area contributed by atoms with Gasteiger partial charge in [0.05, 0.1) is 20.1 Å². The normalized spacial score (nSPS) is 10.3. The molecule has 2 rings (SSSR count). The van der Waals surface area contributed by atoms with Gasteiger partial charge in [-0.25, -0.2) is 4.79 Å². The first-order valence-electron chi connectivity index (χ1n) is 8.18. The predicted molar refractivity (Wildman–Crippen MR) is 100 cm³/mol. The third kappa shape index (κ3) is 4.92. The van der Waals surface area contributed by atoms with Gasteiger partial charge < -0.3 is 14.8 Å². The van der Waals surface area contributed by atoms with E-state index in [1.54, 1.807) is 6.92 Å². The average molecular weight is 375 g/mol. The van der Waals surface area contributed by atoms with Gasteiger partial charge in [-0.1, -0.05) is 29.8 Å². The number of esters is 2. The molecule has 1 N–H and O–H groups in total. The van der Waals surface area contributed by atoms with Gasteiger partial charge in [-0.15, -0.1) is 11.3 Å². The zero-order chi connectivity index (χ0) is 19.1. The molecule has 0 radical (unpaired) electrons. The van der Waals surface area contributed by atoms with Crippen LogP contribution in [0, 0.1) is 6.92 Å². The maximum Gasteiger partial charge on any atom is 0.341 e. The molecule has 0 bridgehead atoms. The van der Waals surface area contributed by atoms with Crippen molar-refractivity contribution >= 4 is 34.2 Å². The smallest absolute Gasteiger partial charge is 0.341 e. The molecular weight excluding hydrogens is 354 g/mol. The van der Waals surface area contributed by atoms with Gasteiger partial charge in [-0.3, -0.25) is 9.59 Å². The second-order valence-corrected chi connectivity index (χ2v) is 6.44. The molecule has 0 aliphatic carbocycles. The molecule has 0 unspecified atom stereocenters. The number of rotatable bonds is 7. The van der Waals surface area contributed by atoms with Gasteiger partial charge in [0, 0.05) is 17.4 Å². The number of thiophene rings is 1. The van der Waals surface area contributed by atoms with Gasteiger partial charge in [0.2, 0.25) is 5.91 Å². The highest BCUT2D eigenvalue weighted by Crippen LogP contribution is 2.36. The molecule has 2 aromatic rings. The first-order chi connectivity index (χ1) is 12.5. The van der Waals surface area contributed by atoms with Gasteiger partial charge in [0.15, 0.2) is 0 Å². The summed E-state index contributed by atoms with van der Waals surface area (Å²) in [6.07, 6.45) is -0.0417. The first kappa shape index (κ1) is 19.7. The maximum absolute atomic E-state index is 12.4. The minimum absolute atomic E-state index is 0.0206. The van der Waals surface area contributed by atoms with Crippen LogP contribution in [0.1, 0.15) is 35.7 Å². The molecule has 1 heterocycles. The molecule has 1 aromatic carbocycles. The van der Waals surface area contributed by atoms with Crippen molar-refractivity contribution in [1.82, 2.24) is 0 Å². The average Bonchev–Trinajstić information content (AvgIpc) is 3.04. The second-order valence-electron chi connectivity index (χ2n) is 5.56. The Balaban J connectivity index is 2.28. The number of ether oxygens (including phenoxy) is 2. The number of hydrogen-bond acceptors (Lipinski definition) is 6. The Bertz CT molecular complexity index is 795. The summed E-state index contributed by atoms with van der Waals surface area (Å²) < 4.78 is 9.68. The minimum atomic E-state index is -0.493. The Hall–Kier alpha value is -2.67. The summed E-state index contributed by atoms with van der Waals surface area (Å²) in [7, 11) is 1.27. The van der Waals surface area contributed by atoms with E-state index in [1.807, 2.05) is 36.6 Å². The van der Waals surface area contributed by atoms with E-state index in [2.05, 4.69) is 10.1 Å². The highest BCUT2D eigenvalue weighted by atomic mass is 32.1. The topological polar surface area (TPSA) is 81.7 Å². The molecule has 0 atom stereocenters. The van der Waals surface area contributed by atoms with E-state index >= 15 is 0 Å². The summed E-state index contributed by atoms with van der Waals surface area (Å²) in [6, 6.07) is 7.75. The standard InChI is InChI=1S/C19H21NO5S/c1-4-25-19(23)17-14(13-7-5-12(2)6-8-13)11-26-18(17)20-15(21)9-10-16(22)24-3/h5-8,11H,4,9-10H2,1-3H3,(H,20,21). The summed E-state index contributed by atoms with van der Waals surface area (Å²) in [4.78, 5) is 35.7. The first-order valence-corrected chi connectivity index (χ1v) is 9.06. The molecule has 1 amide bonds. The number of nitrogens with one attached hydrogen (secondary N) is 1. The number of aryl methyl sites for hydroxylation is 1. The van der Waals surface area contributed by atoms with Gasteiger partial charge in [0.25, 0.3) is 0 Å². The van der Waals surface area contributed by atoms with Crippen LogP contribution < -0.4 is 5.32 Å². The molecule has 26 heavy (non-hydrogen) atoms. The van der Waals surface area contributed by atoms with Crippen molar-refractivity contribution in [2.24, 2.45) is 0 Å². The highest BCUT2D eigenvalue weighted by molar-refractivity contribution is 7.15. The lowest BCUT2D eigenvalue weighted by molar-refractivity contribution is -0.141. The van der Waals surface area contributed by atoms with E-state index in [0.29, 0.717) is 16.1 Å². The summed E-state index contributed by atoms with van der Waals surface area (Å²) >= 11 is 1.25. The van der Waals surface area contributed by atoms with Crippen LogP contribution in [0.15, 0.2) is 29.6 Å². The molecule has 0 aliphatic rings. The van der Waals surface area contributed by atoms with Gasteiger partial charge in [-0.2, -0.15) is 0 Å². The van der Waals surface area contributed by atoms with Gasteiger partial charge in [-0.05, 0) is 19.4 Å². The minimum Gasteiger partial charge on any atom is -0.469 e. The molecule has 0 aliphatic heterocycles. The molecule has 6 nitrogen and oxygen atoms in total. The van der Waals surface area contributed by atoms with E-state index in [4.69, 9.17) is 4.74 Å². The Morgan fingerprint density at radius 2 is 1.81 bits per heavy atom. The van der Waals surface area contributed by atoms with E-state index in [9.17, 15) is 14.4 Å². The Morgan fingerprint density at radius 1 is 1.12 bits per heavy atom. The van der Waals surface area contributed by atoms with E-state index in [1.165, 1.54) is 18.4 Å². The van der Waals surface area contributed by atoms with Crippen molar-refractivity contribution in [2.75, 3.05) is 19.0 Å². The summed E-state index contributed by atoms with van der Waals surface area (Å²) in [5.41, 5.74) is 3.01. The molecule has 0 saturated carbocycles. The van der Waals surface area contributed by atoms with Crippen molar-refractivity contribution in [3.05, 3.63) is 40.8 Å². The van der Waals surface area contributed by atoms with Crippen molar-refractivity contribution in [3.63, 3.8) is 0 Å². The van der Waals surface area contributed by atoms with Crippen LogP contribution in [0.4, 0.5) is 5.00 Å². The molecule has 0 fully saturated rings. The zero-order valence-electron chi connectivity index (χ0n) is 15.0. The van der Waals surface area contributed by atoms with E-state index in [-0.39, 0.29) is 25.4 Å². The predicted octanol–water partition coefficient (Wildman–Crippen LogP) is 3.79. The fourth-order valence-electron chi connectivity index (χ4n) is 2.31. The maximum atomic E-state index is 12.4. The largest absolute Gasteiger partial charge is 0.469 e. The second kappa shape index (κ2) is 9.15. The molecule has 7 heteroatoms. The SMILES string of the molecule is CCOC(=O)c1c(-c2ccc(C)cc2)csc1NC(=O)CCC(=O)OC. The van der Waals surface area contributed by atoms with Crippen LogP contribution >= 0.6 is 11.3 Å². The quantitative estimate of drug-likeness (QED) is 0.745. The van der Waals surface area contributed by atoms with Crippen molar-refractivity contribution in [1.29, 1.82) is 0 Å². The molecule has 0 spiro atoms. The van der Waals surface area contributed by atoms with Crippen LogP contribution in [0.25, 0.3) is 11.1 Å². The molecule has 1 aromatic heterocycles. The van der Waals surface area contributed by atoms with E-state index < -0.39 is 11.9 Å². The van der Waals surface area contributed by atoms with Crippen LogP contribution in [0.3, 0.4) is 0 Å². The van der Waals surface area contributed by atoms with Crippen LogP contribution in [0.5, 0.6) is 0 Å². The zero-order valence-corrected chi connectivity index (χ0v) is 15.8. The molecule has 138 valence electrons. The van der Waals surface area contributed by atoms with Crippen molar-refractivity contribution in [3.8, 4) is 11.1 Å². The lowest BCUT2D eigenvalue weighted by atomic mass is 10.0. The van der Waals surface area contributed by atoms with Crippen LogP contribution in [-0.2, 0) is 19.1 Å². The number of hydrogen-bond donors (Lipinski definition) is 1. The fraction of sp³-hybridized carbons (Fsp3) is 0.316. The number of amides is 1. The Labute approximate surface area is 156 Å². The van der Waals surface area contributed by atoms with Crippen molar-refractivity contribution in [2.45, 2.75) is 26.7 Å². The number of benzene rings is 1. The number of carbonyl (C=O) groups is 3. The number of methoxy groups -OCH3 is 1. The fourth-order valence-corrected chi connectivity index (χ4v) is 3.28. The van der Waals surface area contributed by atoms with Crippen LogP contribution in [0.2, 0.25) is 0 Å². The molecular formula is C19H21NO5S. The number of anilines is 1. The lowest BCUT2D eigenvalue weighted by Crippen LogP contribution is -2.16. The Morgan fingerprint density at radius 3 is 2.42 bits per heavy atom. The number of carbonyl (C=O) groups excluding carboxylic acids is 3. The van der Waals surface area contributed by atoms with E-state index in [0.717, 1.165) is 11.1 Å².